The van der Waals surface area contributed by atoms with Crippen LogP contribution in [0.1, 0.15) is 31.7 Å². The quantitative estimate of drug-likeness (QED) is 0.549. The summed E-state index contributed by atoms with van der Waals surface area (Å²) >= 11 is 6.04. The molecule has 8 heteroatoms. The molecule has 3 rings (SSSR count). The molecule has 1 atom stereocenters. The number of aromatic nitrogens is 2. The molecule has 0 fully saturated rings. The van der Waals surface area contributed by atoms with Crippen molar-refractivity contribution < 1.29 is 9.53 Å². The van der Waals surface area contributed by atoms with Crippen LogP contribution in [0.2, 0.25) is 5.02 Å². The Morgan fingerprint density at radius 2 is 2.10 bits per heavy atom. The molecule has 164 valence electrons. The number of hydrogen-bond acceptors (Lipinski definition) is 4. The number of urea groups is 1. The van der Waals surface area contributed by atoms with E-state index in [1.807, 2.05) is 38.1 Å². The van der Waals surface area contributed by atoms with Gasteiger partial charge in [0, 0.05) is 17.6 Å². The molecule has 1 heterocycles. The molecule has 3 aromatic rings. The second kappa shape index (κ2) is 10.3. The van der Waals surface area contributed by atoms with Gasteiger partial charge in [-0.2, -0.15) is 0 Å². The molecule has 2 N–H and O–H groups in total. The molecule has 7 nitrogen and oxygen atoms in total. The fourth-order valence-corrected chi connectivity index (χ4v) is 3.61. The van der Waals surface area contributed by atoms with E-state index in [2.05, 4.69) is 15.3 Å². The minimum Gasteiger partial charge on any atom is -0.497 e. The van der Waals surface area contributed by atoms with Gasteiger partial charge in [-0.15, -0.1) is 0 Å². The van der Waals surface area contributed by atoms with Gasteiger partial charge >= 0.3 is 6.03 Å². The van der Waals surface area contributed by atoms with Crippen molar-refractivity contribution >= 4 is 28.5 Å². The van der Waals surface area contributed by atoms with E-state index in [4.69, 9.17) is 16.3 Å². The predicted octanol–water partition coefficient (Wildman–Crippen LogP) is 4.14. The zero-order chi connectivity index (χ0) is 22.4. The summed E-state index contributed by atoms with van der Waals surface area (Å²) in [5.41, 5.74) is 1.33. The van der Waals surface area contributed by atoms with E-state index in [0.29, 0.717) is 34.7 Å². The second-order valence-corrected chi connectivity index (χ2v) is 7.94. The average Bonchev–Trinajstić information content (AvgIpc) is 2.73. The summed E-state index contributed by atoms with van der Waals surface area (Å²) in [7, 11) is 1.63. The number of nitrogens with zero attached hydrogens (tertiary/aromatic N) is 2. The summed E-state index contributed by atoms with van der Waals surface area (Å²) in [5.74, 6) is 1.21. The fraction of sp³-hybridized carbons (Fsp3) is 0.348. The first kappa shape index (κ1) is 22.6. The van der Waals surface area contributed by atoms with Crippen LogP contribution >= 0.6 is 11.6 Å². The fourth-order valence-electron chi connectivity index (χ4n) is 3.45. The van der Waals surface area contributed by atoms with E-state index in [9.17, 15) is 9.59 Å². The van der Waals surface area contributed by atoms with E-state index < -0.39 is 0 Å². The number of carbonyl (C=O) groups excluding carboxylic acids is 1. The van der Waals surface area contributed by atoms with Crippen LogP contribution in [0.4, 0.5) is 4.79 Å². The summed E-state index contributed by atoms with van der Waals surface area (Å²) in [4.78, 5) is 34.2. The number of nitrogens with one attached hydrogen (secondary N) is 2. The molecule has 0 aliphatic rings. The van der Waals surface area contributed by atoms with Crippen molar-refractivity contribution in [3.05, 3.63) is 69.2 Å². The predicted molar refractivity (Wildman–Crippen MR) is 123 cm³/mol. The number of fused-ring (bicyclic) bond motifs is 1. The Bertz CT molecular complexity index is 1120. The minimum atomic E-state index is -0.250. The third kappa shape index (κ3) is 5.98. The zero-order valence-electron chi connectivity index (χ0n) is 17.9. The number of H-pyrrole nitrogens is 1. The summed E-state index contributed by atoms with van der Waals surface area (Å²) in [6, 6.07) is 12.4. The van der Waals surface area contributed by atoms with Crippen molar-refractivity contribution in [2.75, 3.05) is 13.7 Å². The third-order valence-corrected chi connectivity index (χ3v) is 5.12. The van der Waals surface area contributed by atoms with Crippen LogP contribution in [-0.4, -0.2) is 40.6 Å². The highest BCUT2D eigenvalue weighted by Gasteiger charge is 2.17. The number of benzene rings is 2. The topological polar surface area (TPSA) is 87.3 Å². The number of aromatic amines is 1. The highest BCUT2D eigenvalue weighted by molar-refractivity contribution is 6.31. The Balaban J connectivity index is 1.71. The Morgan fingerprint density at radius 1 is 1.29 bits per heavy atom. The van der Waals surface area contributed by atoms with Crippen LogP contribution in [0.3, 0.4) is 0 Å². The SMILES string of the molecule is CCCN(Cc1nc2cc(Cl)ccc2c(=O)[nH]1)C(=O)NC(C)Cc1cccc(OC)c1. The molecular formula is C23H27ClN4O3. The van der Waals surface area contributed by atoms with Gasteiger partial charge in [-0.3, -0.25) is 4.79 Å². The Hall–Kier alpha value is -3.06. The molecular weight excluding hydrogens is 416 g/mol. The van der Waals surface area contributed by atoms with Gasteiger partial charge in [0.25, 0.3) is 5.56 Å². The van der Waals surface area contributed by atoms with Crippen molar-refractivity contribution in [3.63, 3.8) is 0 Å². The Labute approximate surface area is 186 Å². The maximum Gasteiger partial charge on any atom is 0.318 e. The molecule has 1 unspecified atom stereocenters. The lowest BCUT2D eigenvalue weighted by molar-refractivity contribution is 0.190. The smallest absolute Gasteiger partial charge is 0.318 e. The molecule has 0 aliphatic heterocycles. The lowest BCUT2D eigenvalue weighted by atomic mass is 10.1. The van der Waals surface area contributed by atoms with Crippen molar-refractivity contribution in [1.82, 2.24) is 20.2 Å². The molecule has 0 radical (unpaired) electrons. The first-order valence-corrected chi connectivity index (χ1v) is 10.6. The molecule has 1 aromatic heterocycles. The van der Waals surface area contributed by atoms with Gasteiger partial charge in [0.2, 0.25) is 0 Å². The number of halogens is 1. The summed E-state index contributed by atoms with van der Waals surface area (Å²) in [5, 5.41) is 4.01. The van der Waals surface area contributed by atoms with Crippen LogP contribution in [-0.2, 0) is 13.0 Å². The van der Waals surface area contributed by atoms with Gasteiger partial charge in [0.05, 0.1) is 24.6 Å². The van der Waals surface area contributed by atoms with Crippen molar-refractivity contribution in [3.8, 4) is 5.75 Å². The standard InChI is InChI=1S/C23H27ClN4O3/c1-4-10-28(14-21-26-20-13-17(24)8-9-19(20)22(29)27-21)23(30)25-15(2)11-16-6-5-7-18(12-16)31-3/h5-9,12-13,15H,4,10-11,14H2,1-3H3,(H,25,30)(H,26,27,29). The normalized spacial score (nSPS) is 11.9. The number of amides is 2. The first-order valence-electron chi connectivity index (χ1n) is 10.3. The molecule has 0 saturated heterocycles. The lowest BCUT2D eigenvalue weighted by Gasteiger charge is -2.24. The van der Waals surface area contributed by atoms with Gasteiger partial charge in [0.15, 0.2) is 0 Å². The zero-order valence-corrected chi connectivity index (χ0v) is 18.7. The molecule has 0 saturated carbocycles. The van der Waals surface area contributed by atoms with Crippen LogP contribution in [0, 0.1) is 0 Å². The minimum absolute atomic E-state index is 0.0821. The summed E-state index contributed by atoms with van der Waals surface area (Å²) in [6.45, 7) is 4.69. The summed E-state index contributed by atoms with van der Waals surface area (Å²) < 4.78 is 5.26. The number of ether oxygens (including phenoxy) is 1. The molecule has 0 bridgehead atoms. The third-order valence-electron chi connectivity index (χ3n) is 4.88. The number of methoxy groups -OCH3 is 1. The highest BCUT2D eigenvalue weighted by atomic mass is 35.5. The van der Waals surface area contributed by atoms with Gasteiger partial charge in [-0.25, -0.2) is 9.78 Å². The molecule has 2 aromatic carbocycles. The molecule has 0 aliphatic carbocycles. The van der Waals surface area contributed by atoms with Crippen LogP contribution in [0.15, 0.2) is 47.3 Å². The average molecular weight is 443 g/mol. The Morgan fingerprint density at radius 3 is 2.84 bits per heavy atom. The highest BCUT2D eigenvalue weighted by Crippen LogP contribution is 2.16. The van der Waals surface area contributed by atoms with Crippen LogP contribution in [0.25, 0.3) is 10.9 Å². The van der Waals surface area contributed by atoms with Crippen molar-refractivity contribution in [1.29, 1.82) is 0 Å². The van der Waals surface area contributed by atoms with Crippen LogP contribution in [0.5, 0.6) is 5.75 Å². The van der Waals surface area contributed by atoms with Gasteiger partial charge in [0.1, 0.15) is 11.6 Å². The van der Waals surface area contributed by atoms with E-state index in [-0.39, 0.29) is 24.2 Å². The molecule has 0 spiro atoms. The number of carbonyl (C=O) groups is 1. The van der Waals surface area contributed by atoms with Gasteiger partial charge in [-0.05, 0) is 55.7 Å². The van der Waals surface area contributed by atoms with E-state index in [1.54, 1.807) is 30.2 Å². The largest absolute Gasteiger partial charge is 0.497 e. The Kier molecular flexibility index (Phi) is 7.52. The monoisotopic (exact) mass is 442 g/mol. The van der Waals surface area contributed by atoms with E-state index in [1.165, 1.54) is 0 Å². The summed E-state index contributed by atoms with van der Waals surface area (Å²) in [6.07, 6.45) is 1.45. The maximum absolute atomic E-state index is 12.9. The van der Waals surface area contributed by atoms with Crippen molar-refractivity contribution in [2.45, 2.75) is 39.3 Å². The van der Waals surface area contributed by atoms with Gasteiger partial charge in [-0.1, -0.05) is 30.7 Å². The molecule has 2 amide bonds. The van der Waals surface area contributed by atoms with E-state index in [0.717, 1.165) is 17.7 Å². The number of hydrogen-bond donors (Lipinski definition) is 2. The number of rotatable bonds is 8. The van der Waals surface area contributed by atoms with Gasteiger partial charge < -0.3 is 19.9 Å². The van der Waals surface area contributed by atoms with E-state index >= 15 is 0 Å². The van der Waals surface area contributed by atoms with Crippen molar-refractivity contribution in [2.24, 2.45) is 0 Å². The molecule has 31 heavy (non-hydrogen) atoms. The second-order valence-electron chi connectivity index (χ2n) is 7.50. The maximum atomic E-state index is 12.9. The first-order chi connectivity index (χ1) is 14.9. The lowest BCUT2D eigenvalue weighted by Crippen LogP contribution is -2.45. The van der Waals surface area contributed by atoms with Crippen LogP contribution < -0.4 is 15.6 Å².